The van der Waals surface area contributed by atoms with Crippen molar-refractivity contribution < 1.29 is 4.74 Å². The van der Waals surface area contributed by atoms with Gasteiger partial charge in [0.1, 0.15) is 6.23 Å². The molecule has 0 bridgehead atoms. The van der Waals surface area contributed by atoms with E-state index in [1.165, 1.54) is 10.9 Å². The molecular weight excluding hydrogens is 198 g/mol. The lowest BCUT2D eigenvalue weighted by atomic mass is 10.2. The molecule has 2 unspecified atom stereocenters. The molecule has 0 N–H and O–H groups in total. The third-order valence-electron chi connectivity index (χ3n) is 3.03. The first kappa shape index (κ1) is 11.2. The number of rotatable bonds is 4. The highest BCUT2D eigenvalue weighted by molar-refractivity contribution is 5.79. The van der Waals surface area contributed by atoms with E-state index in [-0.39, 0.29) is 6.23 Å². The SMILES string of the molecule is CCC(C)OC(C)n1ccc2ccccc21. The summed E-state index contributed by atoms with van der Waals surface area (Å²) < 4.78 is 8.10. The van der Waals surface area contributed by atoms with Crippen molar-refractivity contribution in [1.82, 2.24) is 4.57 Å². The summed E-state index contributed by atoms with van der Waals surface area (Å²) in [5.74, 6) is 0. The van der Waals surface area contributed by atoms with Crippen LogP contribution in [0.25, 0.3) is 10.9 Å². The van der Waals surface area contributed by atoms with Gasteiger partial charge in [0.25, 0.3) is 0 Å². The lowest BCUT2D eigenvalue weighted by Gasteiger charge is -2.20. The number of ether oxygens (including phenoxy) is 1. The van der Waals surface area contributed by atoms with Gasteiger partial charge < -0.3 is 9.30 Å². The van der Waals surface area contributed by atoms with Crippen LogP contribution in [0.2, 0.25) is 0 Å². The van der Waals surface area contributed by atoms with E-state index in [9.17, 15) is 0 Å². The Bertz CT molecular complexity index is 460. The summed E-state index contributed by atoms with van der Waals surface area (Å²) in [6, 6.07) is 10.5. The van der Waals surface area contributed by atoms with Gasteiger partial charge in [0.15, 0.2) is 0 Å². The molecule has 2 heteroatoms. The summed E-state index contributed by atoms with van der Waals surface area (Å²) >= 11 is 0. The summed E-state index contributed by atoms with van der Waals surface area (Å²) in [5, 5.41) is 1.27. The van der Waals surface area contributed by atoms with Crippen LogP contribution in [0.1, 0.15) is 33.4 Å². The Labute approximate surface area is 96.8 Å². The molecule has 0 aliphatic rings. The largest absolute Gasteiger partial charge is 0.355 e. The van der Waals surface area contributed by atoms with E-state index in [0.717, 1.165) is 6.42 Å². The molecule has 0 fully saturated rings. The highest BCUT2D eigenvalue weighted by Crippen LogP contribution is 2.21. The topological polar surface area (TPSA) is 14.2 Å². The summed E-state index contributed by atoms with van der Waals surface area (Å²) in [5.41, 5.74) is 1.23. The number of aromatic nitrogens is 1. The van der Waals surface area contributed by atoms with Gasteiger partial charge >= 0.3 is 0 Å². The van der Waals surface area contributed by atoms with E-state index >= 15 is 0 Å². The average molecular weight is 217 g/mol. The molecule has 16 heavy (non-hydrogen) atoms. The number of fused-ring (bicyclic) bond motifs is 1. The minimum atomic E-state index is 0.0925. The van der Waals surface area contributed by atoms with Crippen LogP contribution in [0, 0.1) is 0 Å². The molecule has 0 aliphatic carbocycles. The Morgan fingerprint density at radius 1 is 1.19 bits per heavy atom. The molecule has 0 aliphatic heterocycles. The predicted molar refractivity (Wildman–Crippen MR) is 67.5 cm³/mol. The van der Waals surface area contributed by atoms with Gasteiger partial charge in [-0.1, -0.05) is 25.1 Å². The Morgan fingerprint density at radius 3 is 2.69 bits per heavy atom. The second-order valence-corrected chi connectivity index (χ2v) is 4.24. The van der Waals surface area contributed by atoms with Gasteiger partial charge in [0.05, 0.1) is 11.6 Å². The van der Waals surface area contributed by atoms with E-state index in [2.05, 4.69) is 61.9 Å². The fourth-order valence-corrected chi connectivity index (χ4v) is 1.92. The maximum Gasteiger partial charge on any atom is 0.131 e. The summed E-state index contributed by atoms with van der Waals surface area (Å²) in [6.45, 7) is 6.35. The molecule has 2 atom stereocenters. The maximum atomic E-state index is 5.91. The molecule has 0 saturated carbocycles. The summed E-state index contributed by atoms with van der Waals surface area (Å²) in [7, 11) is 0. The quantitative estimate of drug-likeness (QED) is 0.755. The van der Waals surface area contributed by atoms with Gasteiger partial charge in [0, 0.05) is 6.20 Å². The van der Waals surface area contributed by atoms with Crippen molar-refractivity contribution >= 4 is 10.9 Å². The number of benzene rings is 1. The van der Waals surface area contributed by atoms with E-state index in [0.29, 0.717) is 6.10 Å². The van der Waals surface area contributed by atoms with Crippen molar-refractivity contribution in [2.24, 2.45) is 0 Å². The lowest BCUT2D eigenvalue weighted by Crippen LogP contribution is -2.15. The number of nitrogens with zero attached hydrogens (tertiary/aromatic N) is 1. The van der Waals surface area contributed by atoms with Crippen molar-refractivity contribution in [1.29, 1.82) is 0 Å². The van der Waals surface area contributed by atoms with Gasteiger partial charge in [-0.25, -0.2) is 0 Å². The molecule has 0 amide bonds. The third-order valence-corrected chi connectivity index (χ3v) is 3.03. The van der Waals surface area contributed by atoms with Crippen LogP contribution in [0.4, 0.5) is 0 Å². The van der Waals surface area contributed by atoms with Crippen LogP contribution in [-0.2, 0) is 4.74 Å². The monoisotopic (exact) mass is 217 g/mol. The molecule has 1 aromatic heterocycles. The zero-order valence-electron chi connectivity index (χ0n) is 10.2. The summed E-state index contributed by atoms with van der Waals surface area (Å²) in [6.07, 6.45) is 3.53. The normalized spacial score (nSPS) is 15.2. The Hall–Kier alpha value is -1.28. The minimum Gasteiger partial charge on any atom is -0.355 e. The average Bonchev–Trinajstić information content (AvgIpc) is 2.72. The highest BCUT2D eigenvalue weighted by atomic mass is 16.5. The first-order chi connectivity index (χ1) is 7.72. The molecule has 2 nitrogen and oxygen atoms in total. The number of para-hydroxylation sites is 1. The Morgan fingerprint density at radius 2 is 1.94 bits per heavy atom. The lowest BCUT2D eigenvalue weighted by molar-refractivity contribution is -0.0327. The zero-order valence-corrected chi connectivity index (χ0v) is 10.2. The molecule has 2 aromatic rings. The van der Waals surface area contributed by atoms with Crippen LogP contribution in [0.5, 0.6) is 0 Å². The van der Waals surface area contributed by atoms with Crippen molar-refractivity contribution in [3.05, 3.63) is 36.5 Å². The van der Waals surface area contributed by atoms with Crippen LogP contribution in [-0.4, -0.2) is 10.7 Å². The van der Waals surface area contributed by atoms with Crippen molar-refractivity contribution in [2.45, 2.75) is 39.5 Å². The van der Waals surface area contributed by atoms with Crippen molar-refractivity contribution in [2.75, 3.05) is 0 Å². The molecule has 86 valence electrons. The standard InChI is InChI=1S/C14H19NO/c1-4-11(2)16-12(3)15-10-9-13-7-5-6-8-14(13)15/h5-12H,4H2,1-3H3. The fourth-order valence-electron chi connectivity index (χ4n) is 1.92. The molecule has 0 saturated heterocycles. The first-order valence-electron chi connectivity index (χ1n) is 5.93. The van der Waals surface area contributed by atoms with Crippen LogP contribution in [0.15, 0.2) is 36.5 Å². The van der Waals surface area contributed by atoms with Gasteiger partial charge in [0.2, 0.25) is 0 Å². The van der Waals surface area contributed by atoms with Crippen LogP contribution in [0.3, 0.4) is 0 Å². The molecular formula is C14H19NO. The smallest absolute Gasteiger partial charge is 0.131 e. The van der Waals surface area contributed by atoms with E-state index in [1.807, 2.05) is 0 Å². The van der Waals surface area contributed by atoms with Crippen LogP contribution >= 0.6 is 0 Å². The molecule has 1 heterocycles. The van der Waals surface area contributed by atoms with Crippen LogP contribution < -0.4 is 0 Å². The van der Waals surface area contributed by atoms with Gasteiger partial charge in [-0.05, 0) is 37.8 Å². The predicted octanol–water partition coefficient (Wildman–Crippen LogP) is 3.97. The van der Waals surface area contributed by atoms with Gasteiger partial charge in [-0.15, -0.1) is 0 Å². The van der Waals surface area contributed by atoms with E-state index in [1.54, 1.807) is 0 Å². The van der Waals surface area contributed by atoms with Crippen molar-refractivity contribution in [3.63, 3.8) is 0 Å². The van der Waals surface area contributed by atoms with Gasteiger partial charge in [-0.3, -0.25) is 0 Å². The molecule has 2 rings (SSSR count). The number of hydrogen-bond donors (Lipinski definition) is 0. The first-order valence-corrected chi connectivity index (χ1v) is 5.93. The maximum absolute atomic E-state index is 5.91. The Balaban J connectivity index is 2.26. The van der Waals surface area contributed by atoms with Gasteiger partial charge in [-0.2, -0.15) is 0 Å². The minimum absolute atomic E-state index is 0.0925. The zero-order chi connectivity index (χ0) is 11.5. The number of hydrogen-bond acceptors (Lipinski definition) is 1. The fraction of sp³-hybridized carbons (Fsp3) is 0.429. The second kappa shape index (κ2) is 4.71. The van der Waals surface area contributed by atoms with Crippen molar-refractivity contribution in [3.8, 4) is 0 Å². The molecule has 1 aromatic carbocycles. The van der Waals surface area contributed by atoms with E-state index < -0.39 is 0 Å². The second-order valence-electron chi connectivity index (χ2n) is 4.24. The highest BCUT2D eigenvalue weighted by Gasteiger charge is 2.10. The third kappa shape index (κ3) is 2.12. The summed E-state index contributed by atoms with van der Waals surface area (Å²) in [4.78, 5) is 0. The Kier molecular flexibility index (Phi) is 3.30. The van der Waals surface area contributed by atoms with E-state index in [4.69, 9.17) is 4.74 Å². The molecule has 0 radical (unpaired) electrons. The molecule has 0 spiro atoms.